The fourth-order valence-electron chi connectivity index (χ4n) is 5.63. The molecule has 3 rings (SSSR count). The summed E-state index contributed by atoms with van der Waals surface area (Å²) in [7, 11) is -5.36. The normalized spacial score (nSPS) is 23.0. The Kier molecular flexibility index (Phi) is 12.6. The molecule has 3 aliphatic rings. The van der Waals surface area contributed by atoms with Gasteiger partial charge in [0.25, 0.3) is 4.87 Å². The van der Waals surface area contributed by atoms with Crippen molar-refractivity contribution in [1.29, 1.82) is 0 Å². The Hall–Kier alpha value is -2.92. The molecule has 0 bridgehead atoms. The summed E-state index contributed by atoms with van der Waals surface area (Å²) in [6.07, 6.45) is 4.05. The predicted octanol–water partition coefficient (Wildman–Crippen LogP) is 0.493. The fourth-order valence-corrected chi connectivity index (χ4v) is 8.23. The summed E-state index contributed by atoms with van der Waals surface area (Å²) in [6, 6.07) is 0.272. The van der Waals surface area contributed by atoms with Gasteiger partial charge in [0, 0.05) is 49.8 Å². The number of likely N-dealkylation sites (tertiary alicyclic amines) is 1. The number of carboxylic acids is 1. The number of carbonyl (C=O) groups is 6. The largest absolute Gasteiger partial charge is 0.479 e. The molecule has 0 radical (unpaired) electrons. The topological polar surface area (TPSA) is 228 Å². The second-order valence-corrected chi connectivity index (χ2v) is 13.9. The first kappa shape index (κ1) is 34.6. The molecular formula is C26H41N5O10S2. The van der Waals surface area contributed by atoms with Crippen molar-refractivity contribution in [1.82, 2.24) is 26.2 Å². The van der Waals surface area contributed by atoms with Crippen molar-refractivity contribution in [3.8, 4) is 0 Å². The van der Waals surface area contributed by atoms with Gasteiger partial charge in [0.1, 0.15) is 0 Å². The molecule has 6 amide bonds. The van der Waals surface area contributed by atoms with E-state index in [2.05, 4.69) is 21.3 Å². The van der Waals surface area contributed by atoms with Crippen LogP contribution in [0, 0.1) is 0 Å². The molecule has 242 valence electrons. The van der Waals surface area contributed by atoms with Crippen LogP contribution in [0.4, 0.5) is 4.79 Å². The van der Waals surface area contributed by atoms with Crippen molar-refractivity contribution in [2.75, 3.05) is 18.8 Å². The Labute approximate surface area is 254 Å². The highest BCUT2D eigenvalue weighted by Crippen LogP contribution is 2.34. The van der Waals surface area contributed by atoms with E-state index in [1.807, 2.05) is 11.8 Å². The van der Waals surface area contributed by atoms with Crippen LogP contribution in [-0.2, 0) is 34.1 Å². The Morgan fingerprint density at radius 2 is 1.47 bits per heavy atom. The van der Waals surface area contributed by atoms with Crippen molar-refractivity contribution in [3.05, 3.63) is 0 Å². The van der Waals surface area contributed by atoms with Crippen LogP contribution in [-0.4, -0.2) is 99.7 Å². The number of aliphatic carboxylic acids is 1. The zero-order valence-corrected chi connectivity index (χ0v) is 25.6. The zero-order chi connectivity index (χ0) is 31.6. The van der Waals surface area contributed by atoms with Gasteiger partial charge in [-0.3, -0.25) is 23.7 Å². The lowest BCUT2D eigenvalue weighted by molar-refractivity contribution is -0.157. The molecule has 0 saturated carbocycles. The van der Waals surface area contributed by atoms with E-state index >= 15 is 0 Å². The first-order chi connectivity index (χ1) is 20.4. The molecule has 4 atom stereocenters. The van der Waals surface area contributed by atoms with Gasteiger partial charge in [-0.2, -0.15) is 20.2 Å². The summed E-state index contributed by atoms with van der Waals surface area (Å²) in [5, 5.41) is 21.4. The standard InChI is InChI=1S/C26H41N5O10S2/c32-19(28-15-7-5-13-26(24(36)37,43(39,40)41)31-21(34)11-12-22(31)35)9-2-1-6-14-27-20(33)10-4-3-8-18-23-17(16-42-18)29-25(38)30-23/h17-18,23H,1-16H2,(H,27,33)(H,28,32)(H,36,37)(H2,29,30,38)(H,39,40,41)/t17-,18-,23-,26?/m0/s1. The van der Waals surface area contributed by atoms with Crippen LogP contribution >= 0.6 is 11.8 Å². The van der Waals surface area contributed by atoms with Crippen molar-refractivity contribution in [3.63, 3.8) is 0 Å². The molecule has 43 heavy (non-hydrogen) atoms. The number of urea groups is 1. The van der Waals surface area contributed by atoms with Gasteiger partial charge in [0.05, 0.1) is 12.1 Å². The molecular weight excluding hydrogens is 606 g/mol. The lowest BCUT2D eigenvalue weighted by Crippen LogP contribution is -2.61. The van der Waals surface area contributed by atoms with E-state index in [-0.39, 0.29) is 73.5 Å². The maximum atomic E-state index is 12.1. The smallest absolute Gasteiger partial charge is 0.348 e. The maximum Gasteiger partial charge on any atom is 0.348 e. The molecule has 0 aliphatic carbocycles. The molecule has 0 aromatic rings. The van der Waals surface area contributed by atoms with Gasteiger partial charge in [0.2, 0.25) is 23.6 Å². The second-order valence-electron chi connectivity index (χ2n) is 11.0. The van der Waals surface area contributed by atoms with Gasteiger partial charge in [-0.15, -0.1) is 0 Å². The summed E-state index contributed by atoms with van der Waals surface area (Å²) in [5.74, 6) is -3.32. The molecule has 0 aromatic heterocycles. The molecule has 0 spiro atoms. The molecule has 3 heterocycles. The average molecular weight is 648 g/mol. The molecule has 3 fully saturated rings. The van der Waals surface area contributed by atoms with Crippen LogP contribution in [0.25, 0.3) is 0 Å². The van der Waals surface area contributed by atoms with Gasteiger partial charge in [-0.1, -0.05) is 12.8 Å². The van der Waals surface area contributed by atoms with Gasteiger partial charge < -0.3 is 26.4 Å². The van der Waals surface area contributed by atoms with Gasteiger partial charge in [0.15, 0.2) is 0 Å². The predicted molar refractivity (Wildman–Crippen MR) is 155 cm³/mol. The zero-order valence-electron chi connectivity index (χ0n) is 24.0. The molecule has 1 unspecified atom stereocenters. The number of amides is 6. The molecule has 15 nitrogen and oxygen atoms in total. The van der Waals surface area contributed by atoms with Crippen molar-refractivity contribution < 1.29 is 46.8 Å². The van der Waals surface area contributed by atoms with Crippen molar-refractivity contribution >= 4 is 57.5 Å². The fraction of sp³-hybridized carbons (Fsp3) is 0.769. The third-order valence-electron chi connectivity index (χ3n) is 7.92. The summed E-state index contributed by atoms with van der Waals surface area (Å²) in [4.78, 5) is 68.7. The first-order valence-electron chi connectivity index (χ1n) is 14.6. The Bertz CT molecular complexity index is 1170. The number of hydrogen-bond donors (Lipinski definition) is 6. The van der Waals surface area contributed by atoms with E-state index in [1.54, 1.807) is 0 Å². The third kappa shape index (κ3) is 9.04. The number of nitrogens with one attached hydrogen (secondary N) is 4. The monoisotopic (exact) mass is 647 g/mol. The average Bonchev–Trinajstić information content (AvgIpc) is 3.59. The lowest BCUT2D eigenvalue weighted by Gasteiger charge is -2.33. The minimum Gasteiger partial charge on any atom is -0.479 e. The van der Waals surface area contributed by atoms with E-state index in [4.69, 9.17) is 0 Å². The molecule has 6 N–H and O–H groups in total. The van der Waals surface area contributed by atoms with Crippen LogP contribution in [0.1, 0.15) is 83.5 Å². The number of rotatable bonds is 19. The van der Waals surface area contributed by atoms with Gasteiger partial charge >= 0.3 is 22.1 Å². The van der Waals surface area contributed by atoms with Crippen LogP contribution in [0.3, 0.4) is 0 Å². The summed E-state index contributed by atoms with van der Waals surface area (Å²) in [5.41, 5.74) is 0. The van der Waals surface area contributed by atoms with Crippen LogP contribution in [0.2, 0.25) is 0 Å². The molecule has 0 aromatic carbocycles. The summed E-state index contributed by atoms with van der Waals surface area (Å²) in [6.45, 7) is 0.631. The highest BCUT2D eigenvalue weighted by molar-refractivity contribution is 8.00. The Morgan fingerprint density at radius 3 is 2.05 bits per heavy atom. The minimum absolute atomic E-state index is 0.00934. The number of carbonyl (C=O) groups excluding carboxylic acids is 5. The SMILES string of the molecule is O=C(CCCCCNC(=O)CCCC[C@@H]1SC[C@@H]2NC(=O)N[C@@H]21)NCCCCC(C(=O)O)(N1C(=O)CCC1=O)S(=O)(=O)O. The minimum atomic E-state index is -5.36. The maximum absolute atomic E-state index is 12.1. The quantitative estimate of drug-likeness (QED) is 0.0489. The van der Waals surface area contributed by atoms with E-state index in [0.29, 0.717) is 31.1 Å². The highest BCUT2D eigenvalue weighted by Gasteiger charge is 2.60. The Morgan fingerprint density at radius 1 is 0.884 bits per heavy atom. The van der Waals surface area contributed by atoms with Crippen molar-refractivity contribution in [2.45, 2.75) is 106 Å². The molecule has 3 aliphatic heterocycles. The number of thioether (sulfide) groups is 1. The van der Waals surface area contributed by atoms with Gasteiger partial charge in [-0.05, 0) is 44.9 Å². The highest BCUT2D eigenvalue weighted by atomic mass is 32.2. The van der Waals surface area contributed by atoms with Gasteiger partial charge in [-0.25, -0.2) is 14.5 Å². The molecule has 17 heteroatoms. The lowest BCUT2D eigenvalue weighted by atomic mass is 10.0. The number of hydrogen-bond acceptors (Lipinski definition) is 9. The first-order valence-corrected chi connectivity index (χ1v) is 17.1. The number of nitrogens with zero attached hydrogens (tertiary/aromatic N) is 1. The van der Waals surface area contributed by atoms with Crippen molar-refractivity contribution in [2.24, 2.45) is 0 Å². The summed E-state index contributed by atoms with van der Waals surface area (Å²) >= 11 is 1.86. The van der Waals surface area contributed by atoms with Crippen LogP contribution in [0.5, 0.6) is 0 Å². The van der Waals surface area contributed by atoms with Crippen LogP contribution < -0.4 is 21.3 Å². The number of fused-ring (bicyclic) bond motifs is 1. The number of imide groups is 1. The van der Waals surface area contributed by atoms with E-state index in [9.17, 15) is 46.8 Å². The summed E-state index contributed by atoms with van der Waals surface area (Å²) < 4.78 is 33.8. The number of carboxylic acid groups (broad SMARTS) is 1. The third-order valence-corrected chi connectivity index (χ3v) is 10.8. The second kappa shape index (κ2) is 15.7. The number of unbranched alkanes of at least 4 members (excludes halogenated alkanes) is 4. The van der Waals surface area contributed by atoms with E-state index in [0.717, 1.165) is 31.4 Å². The Balaban J connectivity index is 1.21. The van der Waals surface area contributed by atoms with E-state index < -0.39 is 39.2 Å². The molecule has 3 saturated heterocycles. The van der Waals surface area contributed by atoms with Crippen LogP contribution in [0.15, 0.2) is 0 Å². The van der Waals surface area contributed by atoms with E-state index in [1.165, 1.54) is 0 Å².